The van der Waals surface area contributed by atoms with Crippen LogP contribution in [0.15, 0.2) is 24.3 Å². The first-order valence-electron chi connectivity index (χ1n) is 5.93. The van der Waals surface area contributed by atoms with Crippen LogP contribution in [0.3, 0.4) is 0 Å². The van der Waals surface area contributed by atoms with Gasteiger partial charge in [-0.25, -0.2) is 9.48 Å². The largest absolute Gasteiger partial charge is 0.476 e. The Balaban J connectivity index is 2.66. The summed E-state index contributed by atoms with van der Waals surface area (Å²) < 4.78 is 1.74. The predicted molar refractivity (Wildman–Crippen MR) is 69.4 cm³/mol. The number of hydrogen-bond donors (Lipinski definition) is 1. The first-order valence-corrected chi connectivity index (χ1v) is 5.93. The van der Waals surface area contributed by atoms with Gasteiger partial charge in [-0.3, -0.25) is 0 Å². The van der Waals surface area contributed by atoms with Crippen LogP contribution in [0.4, 0.5) is 0 Å². The Morgan fingerprint density at radius 3 is 2.44 bits per heavy atom. The van der Waals surface area contributed by atoms with Crippen molar-refractivity contribution in [3.63, 3.8) is 0 Å². The van der Waals surface area contributed by atoms with Crippen molar-refractivity contribution in [3.8, 4) is 5.69 Å². The molecule has 0 aliphatic heterocycles. The maximum atomic E-state index is 11.0. The Morgan fingerprint density at radius 2 is 1.94 bits per heavy atom. The highest BCUT2D eigenvalue weighted by Crippen LogP contribution is 2.21. The quantitative estimate of drug-likeness (QED) is 0.903. The predicted octanol–water partition coefficient (Wildman–Crippen LogP) is 2.75. The van der Waals surface area contributed by atoms with Crippen LogP contribution in [0.2, 0.25) is 0 Å². The average molecular weight is 244 g/mol. The van der Waals surface area contributed by atoms with E-state index in [1.165, 1.54) is 0 Å². The second-order valence-corrected chi connectivity index (χ2v) is 4.33. The summed E-state index contributed by atoms with van der Waals surface area (Å²) in [6.07, 6.45) is 0.744. The van der Waals surface area contributed by atoms with Crippen molar-refractivity contribution in [2.24, 2.45) is 0 Å². The van der Waals surface area contributed by atoms with E-state index in [0.717, 1.165) is 28.9 Å². The van der Waals surface area contributed by atoms with Gasteiger partial charge in [0.05, 0.1) is 5.69 Å². The standard InChI is InChI=1S/C14H16N2O2/c1-4-11-8-12(14(17)18)15-16(11)13-9(2)6-5-7-10(13)3/h5-8H,4H2,1-3H3,(H,17,18). The molecular formula is C14H16N2O2. The van der Waals surface area contributed by atoms with E-state index in [1.807, 2.05) is 39.0 Å². The summed E-state index contributed by atoms with van der Waals surface area (Å²) >= 11 is 0. The van der Waals surface area contributed by atoms with Crippen LogP contribution in [-0.4, -0.2) is 20.9 Å². The van der Waals surface area contributed by atoms with Crippen molar-refractivity contribution in [3.05, 3.63) is 46.8 Å². The summed E-state index contributed by atoms with van der Waals surface area (Å²) in [7, 11) is 0. The van der Waals surface area contributed by atoms with Crippen LogP contribution < -0.4 is 0 Å². The molecule has 1 N–H and O–H groups in total. The summed E-state index contributed by atoms with van der Waals surface area (Å²) in [6, 6.07) is 7.63. The fraction of sp³-hybridized carbons (Fsp3) is 0.286. The number of aryl methyl sites for hydroxylation is 3. The molecule has 4 heteroatoms. The number of aromatic carboxylic acids is 1. The highest BCUT2D eigenvalue weighted by atomic mass is 16.4. The Labute approximate surface area is 106 Å². The van der Waals surface area contributed by atoms with Gasteiger partial charge in [-0.1, -0.05) is 25.1 Å². The van der Waals surface area contributed by atoms with Gasteiger partial charge in [-0.2, -0.15) is 5.10 Å². The number of nitrogens with zero attached hydrogens (tertiary/aromatic N) is 2. The second kappa shape index (κ2) is 4.64. The summed E-state index contributed by atoms with van der Waals surface area (Å²) in [6.45, 7) is 6.00. The van der Waals surface area contributed by atoms with Crippen LogP contribution >= 0.6 is 0 Å². The van der Waals surface area contributed by atoms with Crippen molar-refractivity contribution in [1.29, 1.82) is 0 Å². The lowest BCUT2D eigenvalue weighted by atomic mass is 10.1. The molecule has 0 aliphatic carbocycles. The Kier molecular flexibility index (Phi) is 3.19. The van der Waals surface area contributed by atoms with Crippen LogP contribution in [0.25, 0.3) is 5.69 Å². The van der Waals surface area contributed by atoms with Gasteiger partial charge >= 0.3 is 5.97 Å². The molecule has 2 rings (SSSR count). The normalized spacial score (nSPS) is 10.6. The Hall–Kier alpha value is -2.10. The highest BCUT2D eigenvalue weighted by molar-refractivity contribution is 5.85. The number of carboxylic acid groups (broad SMARTS) is 1. The fourth-order valence-electron chi connectivity index (χ4n) is 2.11. The van der Waals surface area contributed by atoms with Gasteiger partial charge in [0.2, 0.25) is 0 Å². The molecule has 0 bridgehead atoms. The molecule has 0 unspecified atom stereocenters. The van der Waals surface area contributed by atoms with E-state index in [2.05, 4.69) is 5.10 Å². The zero-order valence-corrected chi connectivity index (χ0v) is 10.8. The van der Waals surface area contributed by atoms with Crippen molar-refractivity contribution in [2.75, 3.05) is 0 Å². The lowest BCUT2D eigenvalue weighted by Gasteiger charge is -2.12. The van der Waals surface area contributed by atoms with Gasteiger partial charge in [0.25, 0.3) is 0 Å². The molecule has 94 valence electrons. The summed E-state index contributed by atoms with van der Waals surface area (Å²) in [5, 5.41) is 13.2. The lowest BCUT2D eigenvalue weighted by Crippen LogP contribution is -2.06. The van der Waals surface area contributed by atoms with Crippen LogP contribution in [0, 0.1) is 13.8 Å². The smallest absolute Gasteiger partial charge is 0.356 e. The molecule has 18 heavy (non-hydrogen) atoms. The minimum absolute atomic E-state index is 0.0921. The van der Waals surface area contributed by atoms with Gasteiger partial charge in [-0.15, -0.1) is 0 Å². The third kappa shape index (κ3) is 2.01. The molecule has 4 nitrogen and oxygen atoms in total. The van der Waals surface area contributed by atoms with E-state index in [9.17, 15) is 4.79 Å². The van der Waals surface area contributed by atoms with Crippen LogP contribution in [0.5, 0.6) is 0 Å². The molecule has 2 aromatic rings. The molecule has 0 fully saturated rings. The minimum Gasteiger partial charge on any atom is -0.476 e. The highest BCUT2D eigenvalue weighted by Gasteiger charge is 2.15. The zero-order valence-electron chi connectivity index (χ0n) is 10.8. The molecule has 0 aliphatic rings. The molecule has 1 aromatic heterocycles. The number of rotatable bonds is 3. The number of para-hydroxylation sites is 1. The van der Waals surface area contributed by atoms with Crippen LogP contribution in [-0.2, 0) is 6.42 Å². The summed E-state index contributed by atoms with van der Waals surface area (Å²) in [4.78, 5) is 11.0. The molecule has 0 amide bonds. The minimum atomic E-state index is -0.991. The SMILES string of the molecule is CCc1cc(C(=O)O)nn1-c1c(C)cccc1C. The van der Waals surface area contributed by atoms with E-state index in [1.54, 1.807) is 10.7 Å². The van der Waals surface area contributed by atoms with Crippen molar-refractivity contribution < 1.29 is 9.90 Å². The average Bonchev–Trinajstić information content (AvgIpc) is 2.73. The zero-order chi connectivity index (χ0) is 13.3. The van der Waals surface area contributed by atoms with E-state index < -0.39 is 5.97 Å². The Bertz CT molecular complexity index is 580. The molecule has 0 saturated carbocycles. The fourth-order valence-corrected chi connectivity index (χ4v) is 2.11. The Morgan fingerprint density at radius 1 is 1.33 bits per heavy atom. The molecule has 1 heterocycles. The van der Waals surface area contributed by atoms with Crippen LogP contribution in [0.1, 0.15) is 34.2 Å². The molecule has 0 atom stereocenters. The number of carbonyl (C=O) groups is 1. The molecule has 0 saturated heterocycles. The topological polar surface area (TPSA) is 55.1 Å². The summed E-state index contributed by atoms with van der Waals surface area (Å²) in [5.41, 5.74) is 4.15. The van der Waals surface area contributed by atoms with Gasteiger partial charge in [0, 0.05) is 5.69 Å². The molecule has 0 spiro atoms. The number of aromatic nitrogens is 2. The number of carboxylic acids is 1. The monoisotopic (exact) mass is 244 g/mol. The maximum Gasteiger partial charge on any atom is 0.356 e. The van der Waals surface area contributed by atoms with E-state index >= 15 is 0 Å². The second-order valence-electron chi connectivity index (χ2n) is 4.33. The molecule has 1 aromatic carbocycles. The van der Waals surface area contributed by atoms with Gasteiger partial charge in [-0.05, 0) is 37.5 Å². The third-order valence-electron chi connectivity index (χ3n) is 3.02. The van der Waals surface area contributed by atoms with Gasteiger partial charge in [0.1, 0.15) is 0 Å². The first kappa shape index (κ1) is 12.4. The number of hydrogen-bond acceptors (Lipinski definition) is 2. The van der Waals surface area contributed by atoms with Crippen molar-refractivity contribution in [2.45, 2.75) is 27.2 Å². The van der Waals surface area contributed by atoms with E-state index in [4.69, 9.17) is 5.11 Å². The van der Waals surface area contributed by atoms with E-state index in [0.29, 0.717) is 0 Å². The first-order chi connectivity index (χ1) is 8.54. The maximum absolute atomic E-state index is 11.0. The lowest BCUT2D eigenvalue weighted by molar-refractivity contribution is 0.0690. The third-order valence-corrected chi connectivity index (χ3v) is 3.02. The van der Waals surface area contributed by atoms with Gasteiger partial charge < -0.3 is 5.11 Å². The summed E-state index contributed by atoms with van der Waals surface area (Å²) in [5.74, 6) is -0.991. The molecular weight excluding hydrogens is 228 g/mol. The van der Waals surface area contributed by atoms with Crippen molar-refractivity contribution >= 4 is 5.97 Å². The molecule has 0 radical (unpaired) electrons. The number of benzene rings is 1. The van der Waals surface area contributed by atoms with Crippen molar-refractivity contribution in [1.82, 2.24) is 9.78 Å². The van der Waals surface area contributed by atoms with Gasteiger partial charge in [0.15, 0.2) is 5.69 Å². The van der Waals surface area contributed by atoms with E-state index in [-0.39, 0.29) is 5.69 Å².